The van der Waals surface area contributed by atoms with Gasteiger partial charge < -0.3 is 10.1 Å². The van der Waals surface area contributed by atoms with Crippen molar-refractivity contribution in [3.63, 3.8) is 0 Å². The average molecular weight is 461 g/mol. The summed E-state index contributed by atoms with van der Waals surface area (Å²) in [6.45, 7) is 4.28. The largest absolute Gasteiger partial charge is 0.497 e. The van der Waals surface area contributed by atoms with Gasteiger partial charge in [-0.3, -0.25) is 4.72 Å². The number of rotatable bonds is 5. The van der Waals surface area contributed by atoms with E-state index >= 15 is 0 Å². The summed E-state index contributed by atoms with van der Waals surface area (Å²) < 4.78 is 34.1. The Bertz CT molecular complexity index is 1330. The van der Waals surface area contributed by atoms with E-state index in [1.54, 1.807) is 37.4 Å². The van der Waals surface area contributed by atoms with E-state index in [0.717, 1.165) is 17.7 Å². The van der Waals surface area contributed by atoms with Crippen molar-refractivity contribution in [2.45, 2.75) is 37.1 Å². The van der Waals surface area contributed by atoms with Crippen molar-refractivity contribution < 1.29 is 13.2 Å². The van der Waals surface area contributed by atoms with Crippen LogP contribution >= 0.6 is 0 Å². The van der Waals surface area contributed by atoms with Crippen molar-refractivity contribution in [3.8, 4) is 5.75 Å². The first-order valence-corrected chi connectivity index (χ1v) is 12.7. The molecule has 0 radical (unpaired) electrons. The first kappa shape index (κ1) is 21.6. The molecule has 6 heteroatoms. The normalized spacial score (nSPS) is 21.1. The van der Waals surface area contributed by atoms with Crippen LogP contribution in [0.5, 0.6) is 5.75 Å². The molecule has 3 atom stereocenters. The maximum atomic E-state index is 13.1. The van der Waals surface area contributed by atoms with E-state index < -0.39 is 10.0 Å². The highest BCUT2D eigenvalue weighted by molar-refractivity contribution is 7.92. The van der Waals surface area contributed by atoms with E-state index in [-0.39, 0.29) is 16.9 Å². The van der Waals surface area contributed by atoms with Crippen molar-refractivity contribution in [2.75, 3.05) is 17.1 Å². The second kappa shape index (κ2) is 8.27. The molecule has 0 aromatic heterocycles. The quantitative estimate of drug-likeness (QED) is 0.463. The van der Waals surface area contributed by atoms with E-state index in [1.807, 2.05) is 12.1 Å². The third-order valence-corrected chi connectivity index (χ3v) is 8.14. The molecule has 5 rings (SSSR count). The summed E-state index contributed by atoms with van der Waals surface area (Å²) >= 11 is 0. The zero-order valence-electron chi connectivity index (χ0n) is 19.0. The first-order chi connectivity index (χ1) is 15.9. The fourth-order valence-corrected chi connectivity index (χ4v) is 6.11. The summed E-state index contributed by atoms with van der Waals surface area (Å²) in [5, 5.41) is 3.72. The van der Waals surface area contributed by atoms with Crippen molar-refractivity contribution >= 4 is 21.4 Å². The van der Waals surface area contributed by atoms with Crippen molar-refractivity contribution in [1.82, 2.24) is 0 Å². The predicted molar refractivity (Wildman–Crippen MR) is 133 cm³/mol. The maximum absolute atomic E-state index is 13.1. The number of hydrogen-bond acceptors (Lipinski definition) is 4. The van der Waals surface area contributed by atoms with E-state index in [2.05, 4.69) is 54.2 Å². The molecule has 1 heterocycles. The molecule has 1 aliphatic carbocycles. The molecule has 5 nitrogen and oxygen atoms in total. The van der Waals surface area contributed by atoms with Gasteiger partial charge in [-0.1, -0.05) is 35.9 Å². The lowest BCUT2D eigenvalue weighted by Gasteiger charge is -2.38. The molecular formula is C27H28N2O3S. The zero-order chi connectivity index (χ0) is 23.2. The molecule has 3 aromatic carbocycles. The van der Waals surface area contributed by atoms with Crippen molar-refractivity contribution in [3.05, 3.63) is 95.1 Å². The lowest BCUT2D eigenvalue weighted by molar-refractivity contribution is 0.415. The number of allylic oxidation sites excluding steroid dienone is 2. The SMILES string of the molecule is COc1ccc(NS(=O)(=O)c2ccc3c(c2)[C@H]2C=CC[C@H]2[C@@H](c2cc(C)ccc2C)N3)cc1. The van der Waals surface area contributed by atoms with Gasteiger partial charge in [0.2, 0.25) is 0 Å². The van der Waals surface area contributed by atoms with Gasteiger partial charge in [-0.2, -0.15) is 0 Å². The Balaban J connectivity index is 1.48. The van der Waals surface area contributed by atoms with Gasteiger partial charge in [0.1, 0.15) is 5.75 Å². The standard InChI is InChI=1S/C27H28N2O3S/c1-17-7-8-18(2)24(15-17)27-23-6-4-5-22(23)25-16-21(13-14-26(25)28-27)33(30,31)29-19-9-11-20(32-3)12-10-19/h4-5,7-16,22-23,27-29H,6H2,1-3H3/t22-,23+,27-/m0/s1. The van der Waals surface area contributed by atoms with Crippen LogP contribution in [0.4, 0.5) is 11.4 Å². The summed E-state index contributed by atoms with van der Waals surface area (Å²) in [6.07, 6.45) is 5.42. The number of fused-ring (bicyclic) bond motifs is 3. The van der Waals surface area contributed by atoms with Crippen LogP contribution in [0.25, 0.3) is 0 Å². The molecule has 0 saturated heterocycles. The Morgan fingerprint density at radius 1 is 0.970 bits per heavy atom. The van der Waals surface area contributed by atoms with Crippen LogP contribution in [0.3, 0.4) is 0 Å². The van der Waals surface area contributed by atoms with Gasteiger partial charge in [0.25, 0.3) is 10.0 Å². The third kappa shape index (κ3) is 4.00. The molecular weight excluding hydrogens is 432 g/mol. The average Bonchev–Trinajstić information content (AvgIpc) is 3.30. The topological polar surface area (TPSA) is 67.4 Å². The van der Waals surface area contributed by atoms with Gasteiger partial charge in [-0.05, 0) is 85.3 Å². The molecule has 0 spiro atoms. The number of methoxy groups -OCH3 is 1. The van der Waals surface area contributed by atoms with Gasteiger partial charge in [0, 0.05) is 17.3 Å². The minimum atomic E-state index is -3.72. The second-order valence-electron chi connectivity index (χ2n) is 8.92. The van der Waals surface area contributed by atoms with Gasteiger partial charge in [0.15, 0.2) is 0 Å². The molecule has 0 saturated carbocycles. The Kier molecular flexibility index (Phi) is 5.41. The van der Waals surface area contributed by atoms with Crippen LogP contribution < -0.4 is 14.8 Å². The fraction of sp³-hybridized carbons (Fsp3) is 0.259. The van der Waals surface area contributed by atoms with Crippen LogP contribution in [0.2, 0.25) is 0 Å². The first-order valence-electron chi connectivity index (χ1n) is 11.2. The van der Waals surface area contributed by atoms with Crippen molar-refractivity contribution in [2.24, 2.45) is 5.92 Å². The van der Waals surface area contributed by atoms with Gasteiger partial charge in [0.05, 0.1) is 18.0 Å². The van der Waals surface area contributed by atoms with Crippen LogP contribution in [0.1, 0.15) is 40.6 Å². The summed E-state index contributed by atoms with van der Waals surface area (Å²) in [5.74, 6) is 1.21. The highest BCUT2D eigenvalue weighted by atomic mass is 32.2. The number of ether oxygens (including phenoxy) is 1. The predicted octanol–water partition coefficient (Wildman–Crippen LogP) is 5.94. The number of hydrogen-bond donors (Lipinski definition) is 2. The summed E-state index contributed by atoms with van der Waals surface area (Å²) in [4.78, 5) is 0.267. The Morgan fingerprint density at radius 3 is 2.52 bits per heavy atom. The summed E-state index contributed by atoms with van der Waals surface area (Å²) in [7, 11) is -2.14. The van der Waals surface area contributed by atoms with Crippen LogP contribution in [-0.2, 0) is 10.0 Å². The molecule has 1 aliphatic heterocycles. The van der Waals surface area contributed by atoms with E-state index in [0.29, 0.717) is 17.4 Å². The highest BCUT2D eigenvalue weighted by Crippen LogP contribution is 2.50. The summed E-state index contributed by atoms with van der Waals surface area (Å²) in [6, 6.07) is 19.0. The molecule has 33 heavy (non-hydrogen) atoms. The third-order valence-electron chi connectivity index (χ3n) is 6.76. The van der Waals surface area contributed by atoms with E-state index in [1.165, 1.54) is 16.7 Å². The van der Waals surface area contributed by atoms with E-state index in [4.69, 9.17) is 4.74 Å². The van der Waals surface area contributed by atoms with Crippen LogP contribution in [0, 0.1) is 19.8 Å². The Hall–Kier alpha value is -3.25. The number of aryl methyl sites for hydroxylation is 2. The van der Waals surface area contributed by atoms with Gasteiger partial charge in [-0.15, -0.1) is 0 Å². The minimum Gasteiger partial charge on any atom is -0.497 e. The summed E-state index contributed by atoms with van der Waals surface area (Å²) in [5.41, 5.74) is 6.37. The fourth-order valence-electron chi connectivity index (χ4n) is 5.02. The molecule has 0 fully saturated rings. The van der Waals surface area contributed by atoms with Gasteiger partial charge in [-0.25, -0.2) is 8.42 Å². The minimum absolute atomic E-state index is 0.183. The molecule has 2 aliphatic rings. The highest BCUT2D eigenvalue weighted by Gasteiger charge is 2.39. The lowest BCUT2D eigenvalue weighted by atomic mass is 9.76. The van der Waals surface area contributed by atoms with Crippen molar-refractivity contribution in [1.29, 1.82) is 0 Å². The lowest BCUT2D eigenvalue weighted by Crippen LogP contribution is -2.30. The molecule has 170 valence electrons. The van der Waals surface area contributed by atoms with Crippen LogP contribution in [-0.4, -0.2) is 15.5 Å². The Labute approximate surface area is 195 Å². The van der Waals surface area contributed by atoms with E-state index in [9.17, 15) is 8.42 Å². The molecule has 3 aromatic rings. The molecule has 2 N–H and O–H groups in total. The maximum Gasteiger partial charge on any atom is 0.261 e. The molecule has 0 amide bonds. The smallest absolute Gasteiger partial charge is 0.261 e. The second-order valence-corrected chi connectivity index (χ2v) is 10.6. The molecule has 0 bridgehead atoms. The van der Waals surface area contributed by atoms with Gasteiger partial charge >= 0.3 is 0 Å². The zero-order valence-corrected chi connectivity index (χ0v) is 19.8. The number of benzene rings is 3. The number of nitrogens with one attached hydrogen (secondary N) is 2. The molecule has 0 unspecified atom stereocenters. The Morgan fingerprint density at radius 2 is 1.76 bits per heavy atom. The van der Waals surface area contributed by atoms with Crippen LogP contribution in [0.15, 0.2) is 77.7 Å². The number of sulfonamides is 1. The number of anilines is 2. The monoisotopic (exact) mass is 460 g/mol.